The highest BCUT2D eigenvalue weighted by Gasteiger charge is 2.32. The maximum absolute atomic E-state index is 12.7. The molecule has 0 bridgehead atoms. The number of nitrogens with two attached hydrogens (primary N) is 1. The van der Waals surface area contributed by atoms with Gasteiger partial charge in [-0.25, -0.2) is 0 Å². The summed E-state index contributed by atoms with van der Waals surface area (Å²) >= 11 is 0. The standard InChI is InChI=1S/C21H34N2O/c1-6-14(2)18-11-7-8-12-20(18)23-21(24)17(5)22-19-13-9-10-15(3)16(19)4/h7-8,11-12,14-17,19,22H,6,9-10,13H2,1-5H3,(H,23,24)/p+1/t14-,15+,16+,17-,19-/m1/s1. The summed E-state index contributed by atoms with van der Waals surface area (Å²) in [6.45, 7) is 11.1. The topological polar surface area (TPSA) is 45.7 Å². The molecule has 24 heavy (non-hydrogen) atoms. The van der Waals surface area contributed by atoms with Gasteiger partial charge in [0.15, 0.2) is 6.04 Å². The lowest BCUT2D eigenvalue weighted by Crippen LogP contribution is -2.97. The summed E-state index contributed by atoms with van der Waals surface area (Å²) in [5, 5.41) is 5.46. The molecule has 0 unspecified atom stereocenters. The van der Waals surface area contributed by atoms with Crippen molar-refractivity contribution in [3.63, 3.8) is 0 Å². The van der Waals surface area contributed by atoms with Gasteiger partial charge in [0.2, 0.25) is 0 Å². The number of amides is 1. The van der Waals surface area contributed by atoms with Gasteiger partial charge in [-0.05, 0) is 56.1 Å². The normalized spacial score (nSPS) is 26.6. The van der Waals surface area contributed by atoms with E-state index < -0.39 is 0 Å². The van der Waals surface area contributed by atoms with Crippen LogP contribution in [0.1, 0.15) is 71.8 Å². The third-order valence-electron chi connectivity index (χ3n) is 6.08. The van der Waals surface area contributed by atoms with Crippen LogP contribution in [0.4, 0.5) is 5.69 Å². The summed E-state index contributed by atoms with van der Waals surface area (Å²) in [5.41, 5.74) is 2.21. The number of quaternary nitrogens is 1. The minimum atomic E-state index is -0.0484. The van der Waals surface area contributed by atoms with Gasteiger partial charge in [-0.3, -0.25) is 4.79 Å². The molecule has 2 rings (SSSR count). The van der Waals surface area contributed by atoms with Crippen molar-refractivity contribution in [1.82, 2.24) is 0 Å². The summed E-state index contributed by atoms with van der Waals surface area (Å²) < 4.78 is 0. The summed E-state index contributed by atoms with van der Waals surface area (Å²) in [7, 11) is 0. The van der Waals surface area contributed by atoms with E-state index in [9.17, 15) is 4.79 Å². The largest absolute Gasteiger partial charge is 0.334 e. The van der Waals surface area contributed by atoms with Crippen LogP contribution in [-0.4, -0.2) is 18.0 Å². The Kier molecular flexibility index (Phi) is 6.85. The highest BCUT2D eigenvalue weighted by molar-refractivity contribution is 5.94. The lowest BCUT2D eigenvalue weighted by molar-refractivity contribution is -0.715. The Bertz CT molecular complexity index is 542. The fourth-order valence-corrected chi connectivity index (χ4v) is 3.86. The van der Waals surface area contributed by atoms with Crippen LogP contribution >= 0.6 is 0 Å². The molecule has 0 spiro atoms. The number of para-hydroxylation sites is 1. The van der Waals surface area contributed by atoms with Gasteiger partial charge in [-0.15, -0.1) is 0 Å². The van der Waals surface area contributed by atoms with E-state index in [1.54, 1.807) is 0 Å². The van der Waals surface area contributed by atoms with Crippen molar-refractivity contribution >= 4 is 11.6 Å². The van der Waals surface area contributed by atoms with Crippen molar-refractivity contribution in [1.29, 1.82) is 0 Å². The van der Waals surface area contributed by atoms with Gasteiger partial charge in [-0.2, -0.15) is 0 Å². The molecule has 1 fully saturated rings. The van der Waals surface area contributed by atoms with E-state index in [4.69, 9.17) is 0 Å². The van der Waals surface area contributed by atoms with E-state index in [0.717, 1.165) is 18.0 Å². The maximum atomic E-state index is 12.7. The Morgan fingerprint density at radius 1 is 1.25 bits per heavy atom. The van der Waals surface area contributed by atoms with Crippen LogP contribution in [0.25, 0.3) is 0 Å². The number of anilines is 1. The molecule has 134 valence electrons. The van der Waals surface area contributed by atoms with E-state index >= 15 is 0 Å². The van der Waals surface area contributed by atoms with Gasteiger partial charge in [0, 0.05) is 11.6 Å². The molecule has 1 aromatic rings. The van der Waals surface area contributed by atoms with Gasteiger partial charge >= 0.3 is 0 Å². The van der Waals surface area contributed by atoms with Gasteiger partial charge in [0.25, 0.3) is 5.91 Å². The second-order valence-electron chi connectivity index (χ2n) is 7.80. The van der Waals surface area contributed by atoms with Crippen LogP contribution in [0.5, 0.6) is 0 Å². The highest BCUT2D eigenvalue weighted by atomic mass is 16.2. The average molecular weight is 332 g/mol. The van der Waals surface area contributed by atoms with E-state index in [-0.39, 0.29) is 11.9 Å². The number of nitrogens with one attached hydrogen (secondary N) is 1. The zero-order valence-corrected chi connectivity index (χ0v) is 16.0. The number of carbonyl (C=O) groups is 1. The molecule has 3 heteroatoms. The minimum absolute atomic E-state index is 0.0484. The molecule has 1 aliphatic rings. The van der Waals surface area contributed by atoms with Gasteiger partial charge in [-0.1, -0.05) is 45.9 Å². The Balaban J connectivity index is 1.99. The van der Waals surface area contributed by atoms with Crippen molar-refractivity contribution in [3.05, 3.63) is 29.8 Å². The molecular formula is C21H35N2O+. The Hall–Kier alpha value is -1.35. The lowest BCUT2D eigenvalue weighted by Gasteiger charge is -2.33. The zero-order chi connectivity index (χ0) is 17.7. The first-order valence-corrected chi connectivity index (χ1v) is 9.68. The second-order valence-corrected chi connectivity index (χ2v) is 7.80. The molecule has 0 aliphatic heterocycles. The Morgan fingerprint density at radius 2 is 1.96 bits per heavy atom. The summed E-state index contributed by atoms with van der Waals surface area (Å²) in [4.78, 5) is 12.7. The Morgan fingerprint density at radius 3 is 2.67 bits per heavy atom. The molecule has 0 saturated heterocycles. The number of rotatable bonds is 6. The van der Waals surface area contributed by atoms with Crippen molar-refractivity contribution in [2.24, 2.45) is 11.8 Å². The fourth-order valence-electron chi connectivity index (χ4n) is 3.86. The van der Waals surface area contributed by atoms with Crippen molar-refractivity contribution in [2.45, 2.75) is 78.3 Å². The first-order valence-electron chi connectivity index (χ1n) is 9.68. The maximum Gasteiger partial charge on any atom is 0.282 e. The number of hydrogen-bond donors (Lipinski definition) is 2. The molecule has 3 nitrogen and oxygen atoms in total. The van der Waals surface area contributed by atoms with Crippen LogP contribution in [-0.2, 0) is 4.79 Å². The summed E-state index contributed by atoms with van der Waals surface area (Å²) in [5.74, 6) is 2.03. The predicted octanol–water partition coefficient (Wildman–Crippen LogP) is 3.92. The molecule has 0 radical (unpaired) electrons. The predicted molar refractivity (Wildman–Crippen MR) is 101 cm³/mol. The third kappa shape index (κ3) is 4.60. The van der Waals surface area contributed by atoms with Crippen LogP contribution in [0.2, 0.25) is 0 Å². The number of carbonyl (C=O) groups excluding carboxylic acids is 1. The van der Waals surface area contributed by atoms with E-state index in [1.165, 1.54) is 24.8 Å². The molecule has 1 amide bonds. The quantitative estimate of drug-likeness (QED) is 0.815. The summed E-state index contributed by atoms with van der Waals surface area (Å²) in [6, 6.07) is 8.73. The average Bonchev–Trinajstić information content (AvgIpc) is 2.58. The minimum Gasteiger partial charge on any atom is -0.334 e. The molecule has 1 saturated carbocycles. The lowest BCUT2D eigenvalue weighted by atomic mass is 9.78. The number of hydrogen-bond acceptors (Lipinski definition) is 1. The molecule has 0 aromatic heterocycles. The van der Waals surface area contributed by atoms with Gasteiger partial charge in [0.1, 0.15) is 0 Å². The van der Waals surface area contributed by atoms with E-state index in [0.29, 0.717) is 17.9 Å². The van der Waals surface area contributed by atoms with Crippen LogP contribution in [0.15, 0.2) is 24.3 Å². The molecular weight excluding hydrogens is 296 g/mol. The third-order valence-corrected chi connectivity index (χ3v) is 6.08. The van der Waals surface area contributed by atoms with Crippen molar-refractivity contribution < 1.29 is 10.1 Å². The second kappa shape index (κ2) is 8.66. The molecule has 3 N–H and O–H groups in total. The van der Waals surface area contributed by atoms with Crippen LogP contribution < -0.4 is 10.6 Å². The van der Waals surface area contributed by atoms with Gasteiger partial charge < -0.3 is 10.6 Å². The number of benzene rings is 1. The van der Waals surface area contributed by atoms with Crippen molar-refractivity contribution in [3.8, 4) is 0 Å². The zero-order valence-electron chi connectivity index (χ0n) is 16.0. The summed E-state index contributed by atoms with van der Waals surface area (Å²) in [6.07, 6.45) is 4.92. The van der Waals surface area contributed by atoms with Crippen LogP contribution in [0, 0.1) is 11.8 Å². The van der Waals surface area contributed by atoms with E-state index in [2.05, 4.69) is 50.5 Å². The fraction of sp³-hybridized carbons (Fsp3) is 0.667. The molecule has 5 atom stereocenters. The van der Waals surface area contributed by atoms with E-state index in [1.807, 2.05) is 19.1 Å². The molecule has 1 aliphatic carbocycles. The van der Waals surface area contributed by atoms with Crippen molar-refractivity contribution in [2.75, 3.05) is 5.32 Å². The highest BCUT2D eigenvalue weighted by Crippen LogP contribution is 2.28. The Labute approximate surface area is 147 Å². The molecule has 1 aromatic carbocycles. The monoisotopic (exact) mass is 331 g/mol. The van der Waals surface area contributed by atoms with Crippen LogP contribution in [0.3, 0.4) is 0 Å². The first kappa shape index (κ1) is 19.0. The SMILES string of the molecule is CC[C@@H](C)c1ccccc1NC(=O)[C@@H](C)[NH2+][C@@H]1CCC[C@H](C)[C@@H]1C. The first-order chi connectivity index (χ1) is 11.4. The smallest absolute Gasteiger partial charge is 0.282 e. The van der Waals surface area contributed by atoms with Gasteiger partial charge in [0.05, 0.1) is 6.04 Å². The molecule has 0 heterocycles.